The summed E-state index contributed by atoms with van der Waals surface area (Å²) in [5.74, 6) is 0.712. The van der Waals surface area contributed by atoms with Gasteiger partial charge < -0.3 is 9.62 Å². The topological polar surface area (TPSA) is 27.7 Å². The van der Waals surface area contributed by atoms with Crippen LogP contribution in [0.15, 0.2) is 24.7 Å². The molecule has 0 aromatic heterocycles. The minimum absolute atomic E-state index is 0.0690. The number of hydrogen-bond donors (Lipinski definition) is 0. The molecule has 0 saturated carbocycles. The maximum absolute atomic E-state index is 5.21. The molecule has 0 aliphatic rings. The van der Waals surface area contributed by atoms with E-state index in [1.807, 2.05) is 20.8 Å². The third-order valence-corrected chi connectivity index (χ3v) is 0.966. The van der Waals surface area contributed by atoms with Crippen LogP contribution in [0, 0.1) is 0 Å². The Kier molecular flexibility index (Phi) is 5.21. The lowest BCUT2D eigenvalue weighted by molar-refractivity contribution is -0.258. The van der Waals surface area contributed by atoms with Gasteiger partial charge in [0.1, 0.15) is 0 Å². The molecule has 0 aliphatic heterocycles. The monoisotopic (exact) mass is 172 g/mol. The summed E-state index contributed by atoms with van der Waals surface area (Å²) >= 11 is 0. The van der Waals surface area contributed by atoms with Crippen LogP contribution < -0.4 is 0 Å². The lowest BCUT2D eigenvalue weighted by Gasteiger charge is -2.13. The van der Waals surface area contributed by atoms with Crippen molar-refractivity contribution in [2.75, 3.05) is 6.61 Å². The lowest BCUT2D eigenvalue weighted by Crippen LogP contribution is -2.05. The van der Waals surface area contributed by atoms with Crippen LogP contribution in [0.3, 0.4) is 0 Å². The Morgan fingerprint density at radius 1 is 1.25 bits per heavy atom. The summed E-state index contributed by atoms with van der Waals surface area (Å²) in [5, 5.41) is 0. The predicted molar refractivity (Wildman–Crippen MR) is 47.2 cm³/mol. The average Bonchev–Trinajstić information content (AvgIpc) is 1.98. The van der Waals surface area contributed by atoms with Crippen molar-refractivity contribution in [3.63, 3.8) is 0 Å². The molecule has 0 heterocycles. The van der Waals surface area contributed by atoms with Crippen molar-refractivity contribution in [2.45, 2.75) is 26.9 Å². The molecule has 0 rings (SSSR count). The third kappa shape index (κ3) is 4.79. The summed E-state index contributed by atoms with van der Waals surface area (Å²) in [4.78, 5) is 9.39. The standard InChI is InChI=1S/C9H16O3/c1-6-10-12-9(5)8(4)11-7(2)3/h7H,4-6H2,1-3H3. The summed E-state index contributed by atoms with van der Waals surface area (Å²) in [7, 11) is 0. The van der Waals surface area contributed by atoms with E-state index in [0.29, 0.717) is 18.1 Å². The van der Waals surface area contributed by atoms with Crippen LogP contribution in [0.25, 0.3) is 0 Å². The van der Waals surface area contributed by atoms with Gasteiger partial charge in [-0.3, -0.25) is 0 Å². The molecule has 12 heavy (non-hydrogen) atoms. The zero-order valence-electron chi connectivity index (χ0n) is 7.92. The molecule has 0 N–H and O–H groups in total. The van der Waals surface area contributed by atoms with Gasteiger partial charge in [0.2, 0.25) is 0 Å². The van der Waals surface area contributed by atoms with E-state index in [1.165, 1.54) is 0 Å². The molecule has 70 valence electrons. The van der Waals surface area contributed by atoms with Crippen LogP contribution in [0.5, 0.6) is 0 Å². The van der Waals surface area contributed by atoms with Gasteiger partial charge in [0.25, 0.3) is 0 Å². The van der Waals surface area contributed by atoms with Gasteiger partial charge in [-0.2, -0.15) is 4.89 Å². The zero-order chi connectivity index (χ0) is 9.56. The molecule has 0 saturated heterocycles. The van der Waals surface area contributed by atoms with Crippen molar-refractivity contribution in [1.82, 2.24) is 0 Å². The van der Waals surface area contributed by atoms with Crippen molar-refractivity contribution in [1.29, 1.82) is 0 Å². The maximum atomic E-state index is 5.21. The molecule has 3 nitrogen and oxygen atoms in total. The number of rotatable bonds is 6. The Bertz CT molecular complexity index is 161. The Morgan fingerprint density at radius 3 is 2.25 bits per heavy atom. The van der Waals surface area contributed by atoms with Crippen molar-refractivity contribution >= 4 is 0 Å². The molecule has 0 aromatic rings. The SMILES string of the molecule is C=C(OOCC)C(=C)OC(C)C. The van der Waals surface area contributed by atoms with E-state index < -0.39 is 0 Å². The molecule has 0 unspecified atom stereocenters. The Hall–Kier alpha value is -0.960. The molecule has 0 aliphatic carbocycles. The van der Waals surface area contributed by atoms with Crippen molar-refractivity contribution < 1.29 is 14.5 Å². The quantitative estimate of drug-likeness (QED) is 0.266. The summed E-state index contributed by atoms with van der Waals surface area (Å²) in [6.45, 7) is 13.3. The van der Waals surface area contributed by atoms with E-state index in [4.69, 9.17) is 9.62 Å². The zero-order valence-corrected chi connectivity index (χ0v) is 7.92. The second kappa shape index (κ2) is 5.66. The van der Waals surface area contributed by atoms with Crippen LogP contribution in [0.2, 0.25) is 0 Å². The minimum Gasteiger partial charge on any atom is -0.488 e. The Balaban J connectivity index is 3.70. The summed E-state index contributed by atoms with van der Waals surface area (Å²) in [6, 6.07) is 0. The number of hydrogen-bond acceptors (Lipinski definition) is 3. The van der Waals surface area contributed by atoms with E-state index in [2.05, 4.69) is 18.0 Å². The molecule has 0 spiro atoms. The Labute approximate surface area is 73.5 Å². The van der Waals surface area contributed by atoms with E-state index in [-0.39, 0.29) is 6.10 Å². The van der Waals surface area contributed by atoms with Crippen LogP contribution in [-0.4, -0.2) is 12.7 Å². The highest BCUT2D eigenvalue weighted by molar-refractivity contribution is 5.11. The molecule has 0 aromatic carbocycles. The summed E-state index contributed by atoms with van der Waals surface area (Å²) in [5.41, 5.74) is 0. The fourth-order valence-electron chi connectivity index (χ4n) is 0.527. The van der Waals surface area contributed by atoms with Gasteiger partial charge in [0.05, 0.1) is 12.7 Å². The summed E-state index contributed by atoms with van der Waals surface area (Å²) in [6.07, 6.45) is 0.0690. The first kappa shape index (κ1) is 11.0. The molecule has 0 fully saturated rings. The van der Waals surface area contributed by atoms with E-state index in [1.54, 1.807) is 0 Å². The Morgan fingerprint density at radius 2 is 1.83 bits per heavy atom. The fourth-order valence-corrected chi connectivity index (χ4v) is 0.527. The van der Waals surface area contributed by atoms with Gasteiger partial charge in [0, 0.05) is 0 Å². The highest BCUT2D eigenvalue weighted by Gasteiger charge is 2.05. The van der Waals surface area contributed by atoms with Gasteiger partial charge in [-0.15, -0.1) is 0 Å². The van der Waals surface area contributed by atoms with Crippen LogP contribution in [0.1, 0.15) is 20.8 Å². The molecular formula is C9H16O3. The van der Waals surface area contributed by atoms with Crippen LogP contribution in [-0.2, 0) is 14.5 Å². The van der Waals surface area contributed by atoms with Crippen LogP contribution >= 0.6 is 0 Å². The number of ether oxygens (including phenoxy) is 1. The molecule has 0 amide bonds. The van der Waals surface area contributed by atoms with Gasteiger partial charge in [0.15, 0.2) is 11.5 Å². The van der Waals surface area contributed by atoms with Gasteiger partial charge in [-0.1, -0.05) is 6.58 Å². The molecular weight excluding hydrogens is 156 g/mol. The summed E-state index contributed by atoms with van der Waals surface area (Å²) < 4.78 is 5.21. The van der Waals surface area contributed by atoms with Crippen molar-refractivity contribution in [3.8, 4) is 0 Å². The van der Waals surface area contributed by atoms with Crippen LogP contribution in [0.4, 0.5) is 0 Å². The molecule has 0 atom stereocenters. The van der Waals surface area contributed by atoms with Gasteiger partial charge in [-0.05, 0) is 27.4 Å². The second-order valence-corrected chi connectivity index (χ2v) is 2.50. The smallest absolute Gasteiger partial charge is 0.199 e. The van der Waals surface area contributed by atoms with Crippen molar-refractivity contribution in [3.05, 3.63) is 24.7 Å². The third-order valence-electron chi connectivity index (χ3n) is 0.966. The largest absolute Gasteiger partial charge is 0.488 e. The highest BCUT2D eigenvalue weighted by Crippen LogP contribution is 2.10. The fraction of sp³-hybridized carbons (Fsp3) is 0.556. The van der Waals surface area contributed by atoms with Crippen molar-refractivity contribution in [2.24, 2.45) is 0 Å². The second-order valence-electron chi connectivity index (χ2n) is 2.50. The highest BCUT2D eigenvalue weighted by atomic mass is 17.2. The average molecular weight is 172 g/mol. The van der Waals surface area contributed by atoms with Gasteiger partial charge in [-0.25, -0.2) is 0 Å². The minimum atomic E-state index is 0.0690. The first-order valence-electron chi connectivity index (χ1n) is 3.92. The first-order chi connectivity index (χ1) is 5.57. The van der Waals surface area contributed by atoms with E-state index in [9.17, 15) is 0 Å². The molecule has 3 heteroatoms. The normalized spacial score (nSPS) is 9.67. The maximum Gasteiger partial charge on any atom is 0.199 e. The molecule has 0 radical (unpaired) electrons. The van der Waals surface area contributed by atoms with E-state index in [0.717, 1.165) is 0 Å². The lowest BCUT2D eigenvalue weighted by atomic mass is 10.4. The molecule has 0 bridgehead atoms. The van der Waals surface area contributed by atoms with Gasteiger partial charge >= 0.3 is 0 Å². The predicted octanol–water partition coefficient (Wildman–Crippen LogP) is 2.41. The van der Waals surface area contributed by atoms with E-state index >= 15 is 0 Å². The first-order valence-corrected chi connectivity index (χ1v) is 3.92.